The highest BCUT2D eigenvalue weighted by Crippen LogP contribution is 2.32. The van der Waals surface area contributed by atoms with Gasteiger partial charge in [0.25, 0.3) is 0 Å². The minimum atomic E-state index is -0.0303. The number of ether oxygens (including phenoxy) is 1. The first-order valence-corrected chi connectivity index (χ1v) is 12.1. The monoisotopic (exact) mass is 421 g/mol. The first kappa shape index (κ1) is 22.3. The van der Waals surface area contributed by atoms with E-state index in [1.165, 1.54) is 47.2 Å². The smallest absolute Gasteiger partial charge is 0.133 e. The molecule has 1 atom stereocenters. The first-order chi connectivity index (χ1) is 15.2. The molecular weight excluding hydrogens is 382 g/mol. The van der Waals surface area contributed by atoms with Crippen LogP contribution in [0.1, 0.15) is 67.5 Å². The number of methoxy groups -OCH3 is 1. The lowest BCUT2D eigenvalue weighted by Crippen LogP contribution is -2.35. The Morgan fingerprint density at radius 3 is 2.71 bits per heavy atom. The van der Waals surface area contributed by atoms with Crippen LogP contribution in [0.25, 0.3) is 0 Å². The standard InChI is InChI=1S/C27H39N3O/c1-20(2)25-9-5-4-7-24(25)19-30-16-6-8-22-17-23(10-11-26(22)30)27(31-3)29-18-21-12-14-28-15-13-21/h4-5,7,9-11,17,20-21,27-29H,6,8,12-16,18-19H2,1-3H3. The van der Waals surface area contributed by atoms with Crippen molar-refractivity contribution in [3.8, 4) is 0 Å². The van der Waals surface area contributed by atoms with Gasteiger partial charge in [0.1, 0.15) is 6.23 Å². The van der Waals surface area contributed by atoms with E-state index in [0.717, 1.165) is 45.1 Å². The van der Waals surface area contributed by atoms with Gasteiger partial charge in [-0.3, -0.25) is 5.32 Å². The van der Waals surface area contributed by atoms with E-state index in [0.29, 0.717) is 5.92 Å². The molecule has 0 bridgehead atoms. The Bertz CT molecular complexity index is 844. The van der Waals surface area contributed by atoms with Crippen molar-refractivity contribution in [3.63, 3.8) is 0 Å². The van der Waals surface area contributed by atoms with Gasteiger partial charge in [-0.2, -0.15) is 0 Å². The molecule has 4 nitrogen and oxygen atoms in total. The average molecular weight is 422 g/mol. The minimum Gasteiger partial charge on any atom is -0.367 e. The number of nitrogens with one attached hydrogen (secondary N) is 2. The summed E-state index contributed by atoms with van der Waals surface area (Å²) in [5.74, 6) is 1.30. The van der Waals surface area contributed by atoms with Crippen molar-refractivity contribution in [2.45, 2.75) is 58.2 Å². The second-order valence-electron chi connectivity index (χ2n) is 9.48. The Morgan fingerprint density at radius 1 is 1.13 bits per heavy atom. The van der Waals surface area contributed by atoms with E-state index in [4.69, 9.17) is 4.74 Å². The van der Waals surface area contributed by atoms with Gasteiger partial charge in [0.15, 0.2) is 0 Å². The lowest BCUT2D eigenvalue weighted by atomic mass is 9.94. The number of anilines is 1. The number of piperidine rings is 1. The molecule has 0 saturated carbocycles. The normalized spacial score (nSPS) is 18.3. The molecule has 0 amide bonds. The maximum atomic E-state index is 5.84. The van der Waals surface area contributed by atoms with Gasteiger partial charge in [-0.1, -0.05) is 44.2 Å². The summed E-state index contributed by atoms with van der Waals surface area (Å²) in [6.07, 6.45) is 4.83. The van der Waals surface area contributed by atoms with Crippen molar-refractivity contribution in [2.75, 3.05) is 38.2 Å². The van der Waals surface area contributed by atoms with Crippen LogP contribution in [0, 0.1) is 5.92 Å². The van der Waals surface area contributed by atoms with Crippen LogP contribution in [0.2, 0.25) is 0 Å². The SMILES string of the molecule is COC(NCC1CCNCC1)c1ccc2c(c1)CCCN2Cc1ccccc1C(C)C. The predicted molar refractivity (Wildman–Crippen MR) is 130 cm³/mol. The number of hydrogen-bond acceptors (Lipinski definition) is 4. The molecule has 4 heteroatoms. The van der Waals surface area contributed by atoms with Crippen molar-refractivity contribution in [3.05, 3.63) is 64.7 Å². The number of aryl methyl sites for hydroxylation is 1. The van der Waals surface area contributed by atoms with Crippen LogP contribution in [0.4, 0.5) is 5.69 Å². The summed E-state index contributed by atoms with van der Waals surface area (Å²) in [7, 11) is 1.81. The second-order valence-corrected chi connectivity index (χ2v) is 9.48. The molecule has 2 aliphatic rings. The summed E-state index contributed by atoms with van der Waals surface area (Å²) in [5, 5.41) is 7.12. The summed E-state index contributed by atoms with van der Waals surface area (Å²) in [4.78, 5) is 2.56. The third kappa shape index (κ3) is 5.49. The van der Waals surface area contributed by atoms with Crippen LogP contribution in [0.3, 0.4) is 0 Å². The molecule has 2 N–H and O–H groups in total. The first-order valence-electron chi connectivity index (χ1n) is 12.1. The summed E-state index contributed by atoms with van der Waals surface area (Å²) >= 11 is 0. The van der Waals surface area contributed by atoms with Crippen LogP contribution < -0.4 is 15.5 Å². The van der Waals surface area contributed by atoms with Crippen LogP contribution in [0.15, 0.2) is 42.5 Å². The number of rotatable bonds is 8. The topological polar surface area (TPSA) is 36.5 Å². The lowest BCUT2D eigenvalue weighted by molar-refractivity contribution is 0.0681. The van der Waals surface area contributed by atoms with Crippen molar-refractivity contribution in [1.82, 2.24) is 10.6 Å². The fourth-order valence-electron chi connectivity index (χ4n) is 5.17. The van der Waals surface area contributed by atoms with E-state index < -0.39 is 0 Å². The highest BCUT2D eigenvalue weighted by Gasteiger charge is 2.21. The van der Waals surface area contributed by atoms with Gasteiger partial charge < -0.3 is 15.0 Å². The molecule has 31 heavy (non-hydrogen) atoms. The molecule has 2 aromatic rings. The van der Waals surface area contributed by atoms with Gasteiger partial charge >= 0.3 is 0 Å². The second kappa shape index (κ2) is 10.6. The fourth-order valence-corrected chi connectivity index (χ4v) is 5.17. The summed E-state index contributed by atoms with van der Waals surface area (Å²) in [5.41, 5.74) is 7.01. The Balaban J connectivity index is 1.47. The summed E-state index contributed by atoms with van der Waals surface area (Å²) < 4.78 is 5.84. The quantitative estimate of drug-likeness (QED) is 0.588. The number of nitrogens with zero attached hydrogens (tertiary/aromatic N) is 1. The van der Waals surface area contributed by atoms with Crippen LogP contribution in [0.5, 0.6) is 0 Å². The molecule has 4 rings (SSSR count). The predicted octanol–water partition coefficient (Wildman–Crippen LogP) is 5.00. The van der Waals surface area contributed by atoms with Gasteiger partial charge in [0.05, 0.1) is 0 Å². The summed E-state index contributed by atoms with van der Waals surface area (Å²) in [6.45, 7) is 9.99. The number of fused-ring (bicyclic) bond motifs is 1. The molecule has 0 spiro atoms. The van der Waals surface area contributed by atoms with Crippen LogP contribution in [-0.4, -0.2) is 33.3 Å². The van der Waals surface area contributed by atoms with E-state index in [-0.39, 0.29) is 6.23 Å². The van der Waals surface area contributed by atoms with Gasteiger partial charge in [-0.25, -0.2) is 0 Å². The highest BCUT2D eigenvalue weighted by atomic mass is 16.5. The third-order valence-electron chi connectivity index (χ3n) is 6.95. The minimum absolute atomic E-state index is 0.0303. The largest absolute Gasteiger partial charge is 0.367 e. The zero-order chi connectivity index (χ0) is 21.6. The van der Waals surface area contributed by atoms with Gasteiger partial charge in [0, 0.05) is 32.4 Å². The van der Waals surface area contributed by atoms with Crippen molar-refractivity contribution >= 4 is 5.69 Å². The van der Waals surface area contributed by atoms with E-state index in [9.17, 15) is 0 Å². The van der Waals surface area contributed by atoms with Crippen molar-refractivity contribution in [2.24, 2.45) is 5.92 Å². The molecule has 2 aliphatic heterocycles. The fraction of sp³-hybridized carbons (Fsp3) is 0.556. The molecular formula is C27H39N3O. The number of benzene rings is 2. The number of hydrogen-bond donors (Lipinski definition) is 2. The van der Waals surface area contributed by atoms with Gasteiger partial charge in [-0.05, 0) is 85.0 Å². The highest BCUT2D eigenvalue weighted by molar-refractivity contribution is 5.57. The van der Waals surface area contributed by atoms with Crippen molar-refractivity contribution < 1.29 is 4.74 Å². The molecule has 0 aliphatic carbocycles. The Kier molecular flexibility index (Phi) is 7.65. The maximum absolute atomic E-state index is 5.84. The zero-order valence-corrected chi connectivity index (χ0v) is 19.5. The molecule has 0 aromatic heterocycles. The Morgan fingerprint density at radius 2 is 1.94 bits per heavy atom. The summed E-state index contributed by atoms with van der Waals surface area (Å²) in [6, 6.07) is 15.9. The molecule has 0 radical (unpaired) electrons. The third-order valence-corrected chi connectivity index (χ3v) is 6.95. The van der Waals surface area contributed by atoms with Crippen molar-refractivity contribution in [1.29, 1.82) is 0 Å². The molecule has 2 aromatic carbocycles. The lowest BCUT2D eigenvalue weighted by Gasteiger charge is -2.33. The van der Waals surface area contributed by atoms with Crippen LogP contribution >= 0.6 is 0 Å². The van der Waals surface area contributed by atoms with E-state index in [2.05, 4.69) is 71.8 Å². The molecule has 168 valence electrons. The van der Waals surface area contributed by atoms with E-state index in [1.54, 1.807) is 0 Å². The Labute approximate surface area is 188 Å². The van der Waals surface area contributed by atoms with Gasteiger partial charge in [-0.15, -0.1) is 0 Å². The zero-order valence-electron chi connectivity index (χ0n) is 19.5. The average Bonchev–Trinajstić information content (AvgIpc) is 2.80. The van der Waals surface area contributed by atoms with Crippen LogP contribution in [-0.2, 0) is 17.7 Å². The Hall–Kier alpha value is -1.88. The van der Waals surface area contributed by atoms with E-state index >= 15 is 0 Å². The molecule has 1 fully saturated rings. The maximum Gasteiger partial charge on any atom is 0.133 e. The molecule has 2 heterocycles. The van der Waals surface area contributed by atoms with E-state index in [1.807, 2.05) is 7.11 Å². The molecule has 1 saturated heterocycles. The van der Waals surface area contributed by atoms with Gasteiger partial charge in [0.2, 0.25) is 0 Å². The molecule has 1 unspecified atom stereocenters.